The number of aromatic nitrogens is 1. The summed E-state index contributed by atoms with van der Waals surface area (Å²) in [6.45, 7) is 0. The number of alkyl halides is 9. The zero-order valence-electron chi connectivity index (χ0n) is 12.1. The SMILES string of the molecule is OC1C(C(O)C(F)(F)F)C(C(F)(F)F)=NN1c1ccnc(C(F)(F)F)c1. The van der Waals surface area contributed by atoms with Crippen molar-refractivity contribution in [3.63, 3.8) is 0 Å². The van der Waals surface area contributed by atoms with Gasteiger partial charge < -0.3 is 10.2 Å². The monoisotopic (exact) mass is 397 g/mol. The summed E-state index contributed by atoms with van der Waals surface area (Å²) in [5, 5.41) is 21.7. The summed E-state index contributed by atoms with van der Waals surface area (Å²) in [5.74, 6) is -2.97. The minimum Gasteiger partial charge on any atom is -0.383 e. The first-order chi connectivity index (χ1) is 11.6. The molecule has 146 valence electrons. The fourth-order valence-corrected chi connectivity index (χ4v) is 2.22. The van der Waals surface area contributed by atoms with Crippen LogP contribution in [0.5, 0.6) is 0 Å². The number of hydrogen-bond donors (Lipinski definition) is 2. The largest absolute Gasteiger partial charge is 0.433 e. The van der Waals surface area contributed by atoms with Gasteiger partial charge in [0.25, 0.3) is 0 Å². The highest BCUT2D eigenvalue weighted by molar-refractivity contribution is 5.95. The molecule has 0 aromatic carbocycles. The maximum absolute atomic E-state index is 13.0. The van der Waals surface area contributed by atoms with Gasteiger partial charge in [-0.3, -0.25) is 4.98 Å². The average molecular weight is 397 g/mol. The van der Waals surface area contributed by atoms with Crippen molar-refractivity contribution in [3.8, 4) is 0 Å². The Kier molecular flexibility index (Phi) is 4.87. The second-order valence-corrected chi connectivity index (χ2v) is 5.15. The van der Waals surface area contributed by atoms with Crippen LogP contribution in [0.15, 0.2) is 23.4 Å². The lowest BCUT2D eigenvalue weighted by atomic mass is 9.94. The summed E-state index contributed by atoms with van der Waals surface area (Å²) in [6.07, 6.45) is -21.8. The maximum atomic E-state index is 13.0. The molecule has 0 bridgehead atoms. The van der Waals surface area contributed by atoms with Crippen LogP contribution in [0.3, 0.4) is 0 Å². The molecule has 2 N–H and O–H groups in total. The van der Waals surface area contributed by atoms with Crippen LogP contribution in [0.25, 0.3) is 0 Å². The maximum Gasteiger partial charge on any atom is 0.433 e. The lowest BCUT2D eigenvalue weighted by molar-refractivity contribution is -0.221. The van der Waals surface area contributed by atoms with Crippen molar-refractivity contribution in [2.45, 2.75) is 30.9 Å². The highest BCUT2D eigenvalue weighted by atomic mass is 19.4. The second kappa shape index (κ2) is 6.26. The van der Waals surface area contributed by atoms with E-state index in [1.807, 2.05) is 0 Å². The third-order valence-corrected chi connectivity index (χ3v) is 3.37. The highest BCUT2D eigenvalue weighted by Gasteiger charge is 2.58. The first-order valence-electron chi connectivity index (χ1n) is 6.55. The fourth-order valence-electron chi connectivity index (χ4n) is 2.22. The van der Waals surface area contributed by atoms with Crippen LogP contribution in [0.2, 0.25) is 0 Å². The molecule has 26 heavy (non-hydrogen) atoms. The summed E-state index contributed by atoms with van der Waals surface area (Å²) < 4.78 is 115. The first-order valence-corrected chi connectivity index (χ1v) is 6.55. The molecule has 0 aliphatic carbocycles. The van der Waals surface area contributed by atoms with Crippen LogP contribution in [-0.2, 0) is 6.18 Å². The van der Waals surface area contributed by atoms with Crippen LogP contribution in [0, 0.1) is 5.92 Å². The highest BCUT2D eigenvalue weighted by Crippen LogP contribution is 2.40. The minimum atomic E-state index is -5.54. The number of rotatable bonds is 2. The predicted molar refractivity (Wildman–Crippen MR) is 66.8 cm³/mol. The molecule has 5 nitrogen and oxygen atoms in total. The zero-order valence-corrected chi connectivity index (χ0v) is 12.1. The standard InChI is InChI=1S/C12H8F9N3O2/c13-10(14,15)5-3-4(1-2-22-5)24-9(26)6(8(25)12(19,20)21)7(23-24)11(16,17)18/h1-3,6,8-9,25-26H. The van der Waals surface area contributed by atoms with E-state index < -0.39 is 53.9 Å². The van der Waals surface area contributed by atoms with Gasteiger partial charge in [0.05, 0.1) is 11.6 Å². The molecule has 1 aromatic heterocycles. The molecule has 0 spiro atoms. The number of anilines is 1. The van der Waals surface area contributed by atoms with Crippen molar-refractivity contribution in [1.82, 2.24) is 4.98 Å². The molecule has 0 radical (unpaired) electrons. The van der Waals surface area contributed by atoms with E-state index in [1.54, 1.807) is 0 Å². The number of pyridine rings is 1. The van der Waals surface area contributed by atoms with E-state index in [0.29, 0.717) is 12.3 Å². The molecule has 14 heteroatoms. The van der Waals surface area contributed by atoms with Crippen molar-refractivity contribution >= 4 is 11.4 Å². The molecular weight excluding hydrogens is 389 g/mol. The number of halogens is 9. The summed E-state index contributed by atoms with van der Waals surface area (Å²) in [5.41, 5.74) is -4.54. The van der Waals surface area contributed by atoms with Crippen molar-refractivity contribution in [1.29, 1.82) is 0 Å². The van der Waals surface area contributed by atoms with Crippen LogP contribution >= 0.6 is 0 Å². The zero-order chi connectivity index (χ0) is 20.1. The van der Waals surface area contributed by atoms with Gasteiger partial charge in [-0.05, 0) is 12.1 Å². The Morgan fingerprint density at radius 2 is 1.58 bits per heavy atom. The number of hydrazone groups is 1. The molecule has 3 atom stereocenters. The molecule has 2 rings (SSSR count). The number of hydrogen-bond acceptors (Lipinski definition) is 5. The topological polar surface area (TPSA) is 69.0 Å². The van der Waals surface area contributed by atoms with Crippen LogP contribution in [0.4, 0.5) is 45.2 Å². The summed E-state index contributed by atoms with van der Waals surface area (Å²) >= 11 is 0. The van der Waals surface area contributed by atoms with Gasteiger partial charge in [-0.1, -0.05) is 0 Å². The Hall–Kier alpha value is -2.09. The lowest BCUT2D eigenvalue weighted by Gasteiger charge is -2.28. The lowest BCUT2D eigenvalue weighted by Crippen LogP contribution is -2.49. The van der Waals surface area contributed by atoms with Crippen LogP contribution in [-0.4, -0.2) is 45.6 Å². The summed E-state index contributed by atoms with van der Waals surface area (Å²) in [4.78, 5) is 2.93. The molecule has 1 aromatic rings. The van der Waals surface area contributed by atoms with Gasteiger partial charge in [-0.2, -0.15) is 44.6 Å². The van der Waals surface area contributed by atoms with E-state index in [2.05, 4.69) is 10.1 Å². The van der Waals surface area contributed by atoms with Gasteiger partial charge in [0.15, 0.2) is 18.0 Å². The van der Waals surface area contributed by atoms with Gasteiger partial charge >= 0.3 is 18.5 Å². The average Bonchev–Trinajstić information content (AvgIpc) is 2.82. The van der Waals surface area contributed by atoms with Crippen molar-refractivity contribution < 1.29 is 49.7 Å². The number of aliphatic hydroxyl groups is 2. The van der Waals surface area contributed by atoms with Gasteiger partial charge in [0.1, 0.15) is 5.69 Å². The van der Waals surface area contributed by atoms with E-state index >= 15 is 0 Å². The normalized spacial score (nSPS) is 23.2. The Labute approximate surface area is 138 Å². The molecule has 2 heterocycles. The molecule has 1 aliphatic rings. The second-order valence-electron chi connectivity index (χ2n) is 5.15. The quantitative estimate of drug-likeness (QED) is 0.754. The van der Waals surface area contributed by atoms with Gasteiger partial charge in [0, 0.05) is 6.20 Å². The Bertz CT molecular complexity index is 698. The van der Waals surface area contributed by atoms with E-state index in [9.17, 15) is 44.6 Å². The Balaban J connectivity index is 2.50. The molecule has 0 saturated heterocycles. The van der Waals surface area contributed by atoms with Crippen LogP contribution < -0.4 is 5.01 Å². The predicted octanol–water partition coefficient (Wildman–Crippen LogP) is 2.70. The van der Waals surface area contributed by atoms with Gasteiger partial charge in [-0.25, -0.2) is 5.01 Å². The van der Waals surface area contributed by atoms with Crippen LogP contribution in [0.1, 0.15) is 5.69 Å². The van der Waals surface area contributed by atoms with Gasteiger partial charge in [-0.15, -0.1) is 0 Å². The van der Waals surface area contributed by atoms with Crippen molar-refractivity contribution in [3.05, 3.63) is 24.0 Å². The molecular formula is C12H8F9N3O2. The Morgan fingerprint density at radius 1 is 1.00 bits per heavy atom. The van der Waals surface area contributed by atoms with Crippen molar-refractivity contribution in [2.24, 2.45) is 11.0 Å². The van der Waals surface area contributed by atoms with E-state index in [-0.39, 0.29) is 11.1 Å². The molecule has 0 saturated carbocycles. The summed E-state index contributed by atoms with van der Waals surface area (Å²) in [6, 6.07) is 0.904. The molecule has 0 amide bonds. The van der Waals surface area contributed by atoms with E-state index in [0.717, 1.165) is 0 Å². The molecule has 1 aliphatic heterocycles. The smallest absolute Gasteiger partial charge is 0.383 e. The fraction of sp³-hybridized carbons (Fsp3) is 0.500. The third kappa shape index (κ3) is 3.85. The Morgan fingerprint density at radius 3 is 2.04 bits per heavy atom. The van der Waals surface area contributed by atoms with Gasteiger partial charge in [0.2, 0.25) is 0 Å². The number of aliphatic hydroxyl groups excluding tert-OH is 2. The van der Waals surface area contributed by atoms with Crippen molar-refractivity contribution in [2.75, 3.05) is 5.01 Å². The summed E-state index contributed by atoms with van der Waals surface area (Å²) in [7, 11) is 0. The molecule has 3 unspecified atom stereocenters. The number of nitrogens with zero attached hydrogens (tertiary/aromatic N) is 3. The minimum absolute atomic E-state index is 0.0840. The third-order valence-electron chi connectivity index (χ3n) is 3.37. The van der Waals surface area contributed by atoms with E-state index in [1.165, 1.54) is 0 Å². The first kappa shape index (κ1) is 20.2. The van der Waals surface area contributed by atoms with E-state index in [4.69, 9.17) is 5.11 Å². The molecule has 0 fully saturated rings.